The average molecular weight is 615 g/mol. The van der Waals surface area contributed by atoms with Gasteiger partial charge in [-0.05, 0) is 41.5 Å². The van der Waals surface area contributed by atoms with Gasteiger partial charge in [0.05, 0.1) is 29.2 Å². The molecule has 1 unspecified atom stereocenters. The smallest absolute Gasteiger partial charge is 0.306 e. The molecule has 0 saturated carbocycles. The molecule has 226 valence electrons. The SMILES string of the molecule is N#Cc1cccc(COc2cc(OCc3cccc(-c4ccc5c(c4)OCCO5)c3Cl)ccc2CNCC(O)CC(=O)O)c1. The predicted molar refractivity (Wildman–Crippen MR) is 164 cm³/mol. The number of hydrogen-bond acceptors (Lipinski definition) is 8. The number of rotatable bonds is 13. The van der Waals surface area contributed by atoms with Gasteiger partial charge in [0.1, 0.15) is 37.9 Å². The molecule has 3 N–H and O–H groups in total. The van der Waals surface area contributed by atoms with Gasteiger partial charge in [0.15, 0.2) is 11.5 Å². The van der Waals surface area contributed by atoms with Gasteiger partial charge < -0.3 is 34.5 Å². The maximum Gasteiger partial charge on any atom is 0.306 e. The van der Waals surface area contributed by atoms with Crippen LogP contribution in [0.15, 0.2) is 78.9 Å². The van der Waals surface area contributed by atoms with Crippen LogP contribution in [-0.4, -0.2) is 42.0 Å². The summed E-state index contributed by atoms with van der Waals surface area (Å²) in [6.07, 6.45) is -1.37. The summed E-state index contributed by atoms with van der Waals surface area (Å²) in [4.78, 5) is 10.9. The molecule has 0 fully saturated rings. The highest BCUT2D eigenvalue weighted by Crippen LogP contribution is 2.38. The number of hydrogen-bond donors (Lipinski definition) is 3. The summed E-state index contributed by atoms with van der Waals surface area (Å²) in [5.74, 6) is 1.43. The molecule has 0 bridgehead atoms. The first-order chi connectivity index (χ1) is 21.4. The van der Waals surface area contributed by atoms with Crippen LogP contribution in [0.3, 0.4) is 0 Å². The molecule has 0 radical (unpaired) electrons. The molecule has 0 amide bonds. The molecule has 0 spiro atoms. The fourth-order valence-electron chi connectivity index (χ4n) is 4.73. The van der Waals surface area contributed by atoms with Crippen molar-refractivity contribution < 1.29 is 34.0 Å². The van der Waals surface area contributed by atoms with Crippen molar-refractivity contribution in [2.45, 2.75) is 32.3 Å². The summed E-state index contributed by atoms with van der Waals surface area (Å²) in [5.41, 5.74) is 4.70. The first kappa shape index (κ1) is 30.7. The monoisotopic (exact) mass is 614 g/mol. The predicted octanol–water partition coefficient (Wildman–Crippen LogP) is 5.73. The summed E-state index contributed by atoms with van der Waals surface area (Å²) < 4.78 is 23.7. The number of aliphatic hydroxyl groups is 1. The van der Waals surface area contributed by atoms with Crippen molar-refractivity contribution in [3.8, 4) is 40.2 Å². The molecule has 10 heteroatoms. The minimum absolute atomic E-state index is 0.104. The zero-order chi connectivity index (χ0) is 30.9. The van der Waals surface area contributed by atoms with Crippen LogP contribution < -0.4 is 24.3 Å². The van der Waals surface area contributed by atoms with Gasteiger partial charge in [0.2, 0.25) is 0 Å². The minimum Gasteiger partial charge on any atom is -0.489 e. The lowest BCUT2D eigenvalue weighted by Crippen LogP contribution is -2.28. The molecule has 1 aliphatic rings. The molecule has 5 rings (SSSR count). The van der Waals surface area contributed by atoms with Gasteiger partial charge in [-0.15, -0.1) is 0 Å². The minimum atomic E-state index is -1.07. The Hall–Kier alpha value is -4.75. The van der Waals surface area contributed by atoms with Gasteiger partial charge in [-0.2, -0.15) is 5.26 Å². The standard InChI is InChI=1S/C34H31ClN2O7/c35-34-26(5-2-6-29(34)24-8-10-30-32(14-24)42-12-11-41-30)21-43-28-9-7-25(18-37-19-27(38)15-33(39)40)31(16-28)44-20-23-4-1-3-22(13-23)17-36/h1-10,13-14,16,27,37-38H,11-12,15,18-21H2,(H,39,40). The second-order valence-electron chi connectivity index (χ2n) is 10.2. The van der Waals surface area contributed by atoms with Gasteiger partial charge in [0.25, 0.3) is 0 Å². The first-order valence-electron chi connectivity index (χ1n) is 14.0. The third-order valence-electron chi connectivity index (χ3n) is 6.92. The molecule has 0 aromatic heterocycles. The first-order valence-corrected chi connectivity index (χ1v) is 14.4. The van der Waals surface area contributed by atoms with Gasteiger partial charge in [-0.1, -0.05) is 54.1 Å². The van der Waals surface area contributed by atoms with Crippen LogP contribution in [0, 0.1) is 11.3 Å². The van der Waals surface area contributed by atoms with Crippen LogP contribution in [0.25, 0.3) is 11.1 Å². The zero-order valence-corrected chi connectivity index (χ0v) is 24.5. The Morgan fingerprint density at radius 3 is 2.59 bits per heavy atom. The van der Waals surface area contributed by atoms with Crippen molar-refractivity contribution in [3.63, 3.8) is 0 Å². The van der Waals surface area contributed by atoms with E-state index < -0.39 is 12.1 Å². The summed E-state index contributed by atoms with van der Waals surface area (Å²) in [6, 6.07) is 26.2. The van der Waals surface area contributed by atoms with Gasteiger partial charge >= 0.3 is 5.97 Å². The Bertz CT molecular complexity index is 1670. The summed E-state index contributed by atoms with van der Waals surface area (Å²) in [6.45, 7) is 1.88. The molecular weight excluding hydrogens is 584 g/mol. The van der Waals surface area contributed by atoms with E-state index in [2.05, 4.69) is 11.4 Å². The molecular formula is C34H31ClN2O7. The van der Waals surface area contributed by atoms with Crippen LogP contribution in [0.1, 0.15) is 28.7 Å². The van der Waals surface area contributed by atoms with Crippen molar-refractivity contribution in [3.05, 3.63) is 106 Å². The second-order valence-corrected chi connectivity index (χ2v) is 10.6. The molecule has 1 atom stereocenters. The number of benzene rings is 4. The van der Waals surface area contributed by atoms with Gasteiger partial charge in [0, 0.05) is 35.8 Å². The number of aliphatic carboxylic acids is 1. The Kier molecular flexibility index (Phi) is 10.2. The quantitative estimate of drug-likeness (QED) is 0.173. The van der Waals surface area contributed by atoms with Crippen molar-refractivity contribution >= 4 is 17.6 Å². The third-order valence-corrected chi connectivity index (χ3v) is 7.37. The molecule has 4 aromatic carbocycles. The molecule has 1 heterocycles. The van der Waals surface area contributed by atoms with Crippen molar-refractivity contribution in [2.24, 2.45) is 0 Å². The highest BCUT2D eigenvalue weighted by atomic mass is 35.5. The van der Waals surface area contributed by atoms with E-state index >= 15 is 0 Å². The summed E-state index contributed by atoms with van der Waals surface area (Å²) in [7, 11) is 0. The Balaban J connectivity index is 1.31. The van der Waals surface area contributed by atoms with E-state index in [0.717, 1.165) is 27.8 Å². The number of nitriles is 1. The molecule has 44 heavy (non-hydrogen) atoms. The number of aliphatic hydroxyl groups excluding tert-OH is 1. The number of nitrogens with one attached hydrogen (secondary N) is 1. The number of carbonyl (C=O) groups is 1. The Morgan fingerprint density at radius 1 is 0.955 bits per heavy atom. The van der Waals surface area contributed by atoms with Crippen LogP contribution in [-0.2, 0) is 24.6 Å². The second kappa shape index (κ2) is 14.6. The van der Waals surface area contributed by atoms with Gasteiger partial charge in [-0.25, -0.2) is 0 Å². The van der Waals surface area contributed by atoms with E-state index in [1.165, 1.54) is 0 Å². The van der Waals surface area contributed by atoms with Crippen molar-refractivity contribution in [1.29, 1.82) is 5.26 Å². The lowest BCUT2D eigenvalue weighted by atomic mass is 10.0. The van der Waals surface area contributed by atoms with E-state index in [9.17, 15) is 15.2 Å². The molecule has 4 aromatic rings. The van der Waals surface area contributed by atoms with Crippen LogP contribution in [0.2, 0.25) is 5.02 Å². The fraction of sp³-hybridized carbons (Fsp3) is 0.235. The zero-order valence-electron chi connectivity index (χ0n) is 23.8. The number of nitrogens with zero attached hydrogens (tertiary/aromatic N) is 1. The van der Waals surface area contributed by atoms with Crippen molar-refractivity contribution in [2.75, 3.05) is 19.8 Å². The number of ether oxygens (including phenoxy) is 4. The molecule has 1 aliphatic heterocycles. The van der Waals surface area contributed by atoms with E-state index in [1.807, 2.05) is 54.6 Å². The topological polar surface area (TPSA) is 130 Å². The third kappa shape index (κ3) is 7.99. The molecule has 9 nitrogen and oxygen atoms in total. The van der Waals surface area contributed by atoms with Crippen LogP contribution >= 0.6 is 11.6 Å². The number of carboxylic acid groups (broad SMARTS) is 1. The van der Waals surface area contributed by atoms with Crippen molar-refractivity contribution in [1.82, 2.24) is 5.32 Å². The normalized spacial score (nSPS) is 12.7. The lowest BCUT2D eigenvalue weighted by molar-refractivity contribution is -0.139. The average Bonchev–Trinajstić information content (AvgIpc) is 3.03. The highest BCUT2D eigenvalue weighted by molar-refractivity contribution is 6.34. The molecule has 0 saturated heterocycles. The largest absolute Gasteiger partial charge is 0.489 e. The number of halogens is 1. The van der Waals surface area contributed by atoms with Crippen LogP contribution in [0.5, 0.6) is 23.0 Å². The van der Waals surface area contributed by atoms with E-state index in [4.69, 9.17) is 35.7 Å². The highest BCUT2D eigenvalue weighted by Gasteiger charge is 2.16. The summed E-state index contributed by atoms with van der Waals surface area (Å²) in [5, 5.41) is 31.7. The van der Waals surface area contributed by atoms with Crippen LogP contribution in [0.4, 0.5) is 0 Å². The number of fused-ring (bicyclic) bond motifs is 1. The maximum absolute atomic E-state index is 10.9. The molecule has 0 aliphatic carbocycles. The lowest BCUT2D eigenvalue weighted by Gasteiger charge is -2.19. The fourth-order valence-corrected chi connectivity index (χ4v) is 5.02. The summed E-state index contributed by atoms with van der Waals surface area (Å²) >= 11 is 6.84. The maximum atomic E-state index is 10.9. The van der Waals surface area contributed by atoms with Gasteiger partial charge in [-0.3, -0.25) is 4.79 Å². The van der Waals surface area contributed by atoms with E-state index in [0.29, 0.717) is 53.3 Å². The van der Waals surface area contributed by atoms with E-state index in [-0.39, 0.29) is 26.2 Å². The van der Waals surface area contributed by atoms with E-state index in [1.54, 1.807) is 24.3 Å². The Morgan fingerprint density at radius 2 is 1.77 bits per heavy atom. The number of carboxylic acids is 1. The Labute approximate surface area is 260 Å².